The zero-order valence-corrected chi connectivity index (χ0v) is 17.4. The molecule has 6 heteroatoms. The van der Waals surface area contributed by atoms with E-state index in [2.05, 4.69) is 16.3 Å². The normalized spacial score (nSPS) is 22.2. The van der Waals surface area contributed by atoms with Crippen molar-refractivity contribution in [2.45, 2.75) is 31.7 Å². The van der Waals surface area contributed by atoms with Gasteiger partial charge in [-0.05, 0) is 43.1 Å². The molecule has 1 aliphatic heterocycles. The minimum Gasteiger partial charge on any atom is -0.496 e. The molecule has 0 aliphatic carbocycles. The Kier molecular flexibility index (Phi) is 7.61. The molecule has 0 aromatic heterocycles. The summed E-state index contributed by atoms with van der Waals surface area (Å²) in [5.41, 5.74) is 2.86. The van der Waals surface area contributed by atoms with Crippen molar-refractivity contribution in [3.05, 3.63) is 65.0 Å². The molecule has 1 saturated heterocycles. The average Bonchev–Trinajstić information content (AvgIpc) is 3.04. The molecule has 3 atom stereocenters. The number of rotatable bonds is 9. The second-order valence-electron chi connectivity index (χ2n) is 7.67. The summed E-state index contributed by atoms with van der Waals surface area (Å²) in [6.45, 7) is 2.02. The van der Waals surface area contributed by atoms with Gasteiger partial charge in [0.1, 0.15) is 11.6 Å². The fourth-order valence-electron chi connectivity index (χ4n) is 4.40. The van der Waals surface area contributed by atoms with E-state index in [-0.39, 0.29) is 30.4 Å². The van der Waals surface area contributed by atoms with E-state index in [9.17, 15) is 9.50 Å². The van der Waals surface area contributed by atoms with Crippen LogP contribution < -0.4 is 10.1 Å². The number of hydrogen-bond donors (Lipinski definition) is 2. The SMILES string of the molecule is COCc1cc(CNC[C@@H]2C[C@H](CO)N(C)[C@@H]2c2ccccc2F)ccc1OC. The number of nitrogens with one attached hydrogen (secondary N) is 1. The Bertz CT molecular complexity index is 801. The third kappa shape index (κ3) is 4.95. The Morgan fingerprint density at radius 3 is 2.69 bits per heavy atom. The van der Waals surface area contributed by atoms with Crippen molar-refractivity contribution in [1.29, 1.82) is 0 Å². The van der Waals surface area contributed by atoms with E-state index in [1.807, 2.05) is 31.3 Å². The van der Waals surface area contributed by atoms with Gasteiger partial charge in [0.25, 0.3) is 0 Å². The topological polar surface area (TPSA) is 54.0 Å². The lowest BCUT2D eigenvalue weighted by Crippen LogP contribution is -2.32. The number of methoxy groups -OCH3 is 2. The van der Waals surface area contributed by atoms with Gasteiger partial charge in [-0.25, -0.2) is 4.39 Å². The number of halogens is 1. The molecular formula is C23H31FN2O3. The minimum absolute atomic E-state index is 0.0423. The molecule has 0 spiro atoms. The van der Waals surface area contributed by atoms with Crippen LogP contribution in [-0.2, 0) is 17.9 Å². The van der Waals surface area contributed by atoms with Crippen LogP contribution in [0.25, 0.3) is 0 Å². The molecule has 0 radical (unpaired) electrons. The zero-order valence-electron chi connectivity index (χ0n) is 17.4. The lowest BCUT2D eigenvalue weighted by Gasteiger charge is -2.28. The predicted molar refractivity (Wildman–Crippen MR) is 111 cm³/mol. The Morgan fingerprint density at radius 1 is 1.21 bits per heavy atom. The zero-order chi connectivity index (χ0) is 20.8. The highest BCUT2D eigenvalue weighted by atomic mass is 19.1. The van der Waals surface area contributed by atoms with Crippen LogP contribution in [0.2, 0.25) is 0 Å². The summed E-state index contributed by atoms with van der Waals surface area (Å²) in [4.78, 5) is 2.11. The summed E-state index contributed by atoms with van der Waals surface area (Å²) in [5, 5.41) is 13.3. The van der Waals surface area contributed by atoms with Crippen molar-refractivity contribution < 1.29 is 19.0 Å². The van der Waals surface area contributed by atoms with Crippen LogP contribution in [-0.4, -0.2) is 50.5 Å². The molecule has 0 unspecified atom stereocenters. The molecule has 2 aromatic rings. The van der Waals surface area contributed by atoms with Gasteiger partial charge in [-0.3, -0.25) is 4.90 Å². The molecule has 5 nitrogen and oxygen atoms in total. The third-order valence-electron chi connectivity index (χ3n) is 5.85. The van der Waals surface area contributed by atoms with Gasteiger partial charge in [0.05, 0.1) is 20.3 Å². The molecule has 1 heterocycles. The summed E-state index contributed by atoms with van der Waals surface area (Å²) in [6, 6.07) is 13.0. The largest absolute Gasteiger partial charge is 0.496 e. The molecule has 0 amide bonds. The minimum atomic E-state index is -0.188. The highest BCUT2D eigenvalue weighted by Crippen LogP contribution is 2.40. The highest BCUT2D eigenvalue weighted by Gasteiger charge is 2.40. The van der Waals surface area contributed by atoms with Gasteiger partial charge in [0.2, 0.25) is 0 Å². The van der Waals surface area contributed by atoms with Gasteiger partial charge in [0.15, 0.2) is 0 Å². The number of nitrogens with zero attached hydrogens (tertiary/aromatic N) is 1. The number of ether oxygens (including phenoxy) is 2. The van der Waals surface area contributed by atoms with Crippen molar-refractivity contribution in [2.24, 2.45) is 5.92 Å². The molecule has 1 aliphatic rings. The lowest BCUT2D eigenvalue weighted by molar-refractivity contribution is 0.151. The number of aliphatic hydroxyl groups is 1. The first-order valence-corrected chi connectivity index (χ1v) is 10.0. The fraction of sp³-hybridized carbons (Fsp3) is 0.478. The van der Waals surface area contributed by atoms with Gasteiger partial charge in [0, 0.05) is 43.4 Å². The van der Waals surface area contributed by atoms with E-state index in [1.165, 1.54) is 6.07 Å². The molecule has 0 bridgehead atoms. The number of aliphatic hydroxyl groups excluding tert-OH is 1. The molecule has 2 aromatic carbocycles. The Hall–Kier alpha value is -1.99. The lowest BCUT2D eigenvalue weighted by atomic mass is 9.92. The number of hydrogen-bond acceptors (Lipinski definition) is 5. The van der Waals surface area contributed by atoms with Crippen molar-refractivity contribution in [1.82, 2.24) is 10.2 Å². The van der Waals surface area contributed by atoms with Crippen LogP contribution >= 0.6 is 0 Å². The average molecular weight is 403 g/mol. The molecule has 158 valence electrons. The summed E-state index contributed by atoms with van der Waals surface area (Å²) in [5.74, 6) is 0.844. The van der Waals surface area contributed by atoms with Crippen molar-refractivity contribution in [3.8, 4) is 5.75 Å². The molecule has 29 heavy (non-hydrogen) atoms. The number of likely N-dealkylation sites (N-methyl/N-ethyl adjacent to an activating group) is 1. The number of likely N-dealkylation sites (tertiary alicyclic amines) is 1. The molecule has 1 fully saturated rings. The summed E-state index contributed by atoms with van der Waals surface area (Å²) in [7, 11) is 5.29. The predicted octanol–water partition coefficient (Wildman–Crippen LogP) is 3.12. The van der Waals surface area contributed by atoms with Gasteiger partial charge in [-0.1, -0.05) is 24.3 Å². The van der Waals surface area contributed by atoms with Crippen LogP contribution in [0.4, 0.5) is 4.39 Å². The fourth-order valence-corrected chi connectivity index (χ4v) is 4.40. The standard InChI is InChI=1S/C23H31FN2O3/c1-26-19(14-27)11-17(23(26)20-6-4-5-7-21(20)24)13-25-12-16-8-9-22(29-3)18(10-16)15-28-2/h4-10,17,19,23,25,27H,11-15H2,1-3H3/t17-,19+,23-/m0/s1. The monoisotopic (exact) mass is 402 g/mol. The summed E-state index contributed by atoms with van der Waals surface area (Å²) in [6.07, 6.45) is 0.830. The van der Waals surface area contributed by atoms with E-state index in [0.717, 1.165) is 29.8 Å². The maximum absolute atomic E-state index is 14.5. The van der Waals surface area contributed by atoms with E-state index in [4.69, 9.17) is 9.47 Å². The van der Waals surface area contributed by atoms with Crippen molar-refractivity contribution in [2.75, 3.05) is 34.4 Å². The van der Waals surface area contributed by atoms with Crippen molar-refractivity contribution in [3.63, 3.8) is 0 Å². The van der Waals surface area contributed by atoms with Gasteiger partial charge in [-0.2, -0.15) is 0 Å². The molecule has 2 N–H and O–H groups in total. The van der Waals surface area contributed by atoms with Gasteiger partial charge >= 0.3 is 0 Å². The number of benzene rings is 2. The molecular weight excluding hydrogens is 371 g/mol. The van der Waals surface area contributed by atoms with E-state index in [1.54, 1.807) is 20.3 Å². The second kappa shape index (κ2) is 10.2. The van der Waals surface area contributed by atoms with Gasteiger partial charge in [-0.15, -0.1) is 0 Å². The molecule has 0 saturated carbocycles. The molecule has 3 rings (SSSR count). The Balaban J connectivity index is 1.68. The van der Waals surface area contributed by atoms with E-state index >= 15 is 0 Å². The van der Waals surface area contributed by atoms with E-state index < -0.39 is 0 Å². The second-order valence-corrected chi connectivity index (χ2v) is 7.67. The maximum atomic E-state index is 14.5. The quantitative estimate of drug-likeness (QED) is 0.675. The first-order valence-electron chi connectivity index (χ1n) is 10.0. The smallest absolute Gasteiger partial charge is 0.127 e. The first kappa shape index (κ1) is 21.7. The maximum Gasteiger partial charge on any atom is 0.127 e. The summed E-state index contributed by atoms with van der Waals surface area (Å²) >= 11 is 0. The highest BCUT2D eigenvalue weighted by molar-refractivity contribution is 5.37. The first-order chi connectivity index (χ1) is 14.1. The summed E-state index contributed by atoms with van der Waals surface area (Å²) < 4.78 is 25.1. The van der Waals surface area contributed by atoms with Crippen molar-refractivity contribution >= 4 is 0 Å². The van der Waals surface area contributed by atoms with Crippen LogP contribution in [0.1, 0.15) is 29.2 Å². The third-order valence-corrected chi connectivity index (χ3v) is 5.85. The van der Waals surface area contributed by atoms with Crippen LogP contribution in [0.3, 0.4) is 0 Å². The Labute approximate surface area is 172 Å². The van der Waals surface area contributed by atoms with Crippen LogP contribution in [0, 0.1) is 11.7 Å². The van der Waals surface area contributed by atoms with Crippen LogP contribution in [0.5, 0.6) is 5.75 Å². The van der Waals surface area contributed by atoms with E-state index in [0.29, 0.717) is 18.7 Å². The van der Waals surface area contributed by atoms with Gasteiger partial charge < -0.3 is 19.9 Å². The Morgan fingerprint density at radius 2 is 2.00 bits per heavy atom. The van der Waals surface area contributed by atoms with Crippen LogP contribution in [0.15, 0.2) is 42.5 Å².